The Morgan fingerprint density at radius 2 is 1.81 bits per heavy atom. The molecular weight excluding hydrogens is 390 g/mol. The molecule has 8 heteroatoms. The zero-order valence-corrected chi connectivity index (χ0v) is 18.9. The van der Waals surface area contributed by atoms with E-state index >= 15 is 0 Å². The van der Waals surface area contributed by atoms with Crippen LogP contribution in [0.25, 0.3) is 11.5 Å². The lowest BCUT2D eigenvalue weighted by Crippen LogP contribution is -2.43. The number of nitrogens with zero attached hydrogens (tertiary/aromatic N) is 4. The molecule has 8 nitrogen and oxygen atoms in total. The van der Waals surface area contributed by atoms with Gasteiger partial charge >= 0.3 is 0 Å². The molecule has 168 valence electrons. The Hall–Kier alpha value is -2.32. The van der Waals surface area contributed by atoms with Crippen LogP contribution in [0.2, 0.25) is 0 Å². The highest BCUT2D eigenvalue weighted by molar-refractivity contribution is 5.53. The summed E-state index contributed by atoms with van der Waals surface area (Å²) in [5.74, 6) is 2.12. The fraction of sp³-hybridized carbons (Fsp3) is 0.652. The first-order chi connectivity index (χ1) is 15.0. The largest absolute Gasteiger partial charge is 0.383 e. The molecule has 2 aliphatic rings. The van der Waals surface area contributed by atoms with Crippen LogP contribution in [0.4, 0.5) is 11.8 Å². The summed E-state index contributed by atoms with van der Waals surface area (Å²) < 4.78 is 5.23. The molecule has 2 saturated carbocycles. The number of nitrogens with one attached hydrogen (secondary N) is 3. The number of rotatable bonds is 10. The third-order valence-electron chi connectivity index (χ3n) is 6.34. The quantitative estimate of drug-likeness (QED) is 0.532. The molecule has 2 aromatic rings. The van der Waals surface area contributed by atoms with E-state index in [2.05, 4.69) is 49.7 Å². The monoisotopic (exact) mass is 425 g/mol. The highest BCUT2D eigenvalue weighted by Crippen LogP contribution is 2.44. The molecule has 0 bridgehead atoms. The molecule has 1 atom stereocenters. The summed E-state index contributed by atoms with van der Waals surface area (Å²) in [6.07, 6.45) is 10.6. The Morgan fingerprint density at radius 1 is 1.06 bits per heavy atom. The summed E-state index contributed by atoms with van der Waals surface area (Å²) >= 11 is 0. The van der Waals surface area contributed by atoms with Gasteiger partial charge in [0, 0.05) is 44.2 Å². The molecule has 0 radical (unpaired) electrons. The van der Waals surface area contributed by atoms with Gasteiger partial charge in [-0.1, -0.05) is 6.92 Å². The van der Waals surface area contributed by atoms with Gasteiger partial charge in [-0.3, -0.25) is 0 Å². The van der Waals surface area contributed by atoms with Crippen LogP contribution in [0.3, 0.4) is 0 Å². The van der Waals surface area contributed by atoms with Gasteiger partial charge < -0.3 is 20.7 Å². The van der Waals surface area contributed by atoms with E-state index in [-0.39, 0.29) is 0 Å². The third kappa shape index (κ3) is 6.33. The Bertz CT molecular complexity index is 849. The summed E-state index contributed by atoms with van der Waals surface area (Å²) in [6, 6.07) is 5.10. The maximum Gasteiger partial charge on any atom is 0.223 e. The van der Waals surface area contributed by atoms with Gasteiger partial charge in [0.1, 0.15) is 11.5 Å². The summed E-state index contributed by atoms with van der Waals surface area (Å²) in [6.45, 7) is 6.17. The van der Waals surface area contributed by atoms with Gasteiger partial charge in [0.2, 0.25) is 5.95 Å². The molecule has 4 rings (SSSR count). The minimum Gasteiger partial charge on any atom is -0.383 e. The van der Waals surface area contributed by atoms with Gasteiger partial charge in [-0.05, 0) is 63.0 Å². The highest BCUT2D eigenvalue weighted by atomic mass is 16.5. The zero-order chi connectivity index (χ0) is 21.7. The first-order valence-corrected chi connectivity index (χ1v) is 11.4. The van der Waals surface area contributed by atoms with E-state index < -0.39 is 0 Å². The molecule has 2 aliphatic carbocycles. The highest BCUT2D eigenvalue weighted by Gasteiger charge is 2.36. The lowest BCUT2D eigenvalue weighted by Gasteiger charge is -2.31. The fourth-order valence-electron chi connectivity index (χ4n) is 4.11. The number of anilines is 2. The molecule has 2 heterocycles. The minimum atomic E-state index is 0.386. The van der Waals surface area contributed by atoms with Crippen LogP contribution in [0.5, 0.6) is 0 Å². The van der Waals surface area contributed by atoms with Crippen molar-refractivity contribution in [2.75, 3.05) is 30.9 Å². The lowest BCUT2D eigenvalue weighted by molar-refractivity contribution is 0.161. The van der Waals surface area contributed by atoms with Crippen molar-refractivity contribution < 1.29 is 4.74 Å². The van der Waals surface area contributed by atoms with Gasteiger partial charge in [0.25, 0.3) is 0 Å². The summed E-state index contributed by atoms with van der Waals surface area (Å²) in [5, 5.41) is 10.6. The predicted molar refractivity (Wildman–Crippen MR) is 123 cm³/mol. The van der Waals surface area contributed by atoms with Crippen molar-refractivity contribution in [1.82, 2.24) is 25.3 Å². The van der Waals surface area contributed by atoms with E-state index in [4.69, 9.17) is 4.74 Å². The molecule has 0 aromatic carbocycles. The number of methoxy groups -OCH3 is 1. The Kier molecular flexibility index (Phi) is 6.97. The predicted octanol–water partition coefficient (Wildman–Crippen LogP) is 3.49. The van der Waals surface area contributed by atoms with Crippen LogP contribution >= 0.6 is 0 Å². The summed E-state index contributed by atoms with van der Waals surface area (Å²) in [7, 11) is 1.75. The average molecular weight is 426 g/mol. The molecule has 0 aliphatic heterocycles. The van der Waals surface area contributed by atoms with Crippen molar-refractivity contribution in [3.05, 3.63) is 24.5 Å². The second-order valence-electron chi connectivity index (χ2n) is 9.41. The van der Waals surface area contributed by atoms with Crippen LogP contribution in [0.1, 0.15) is 52.4 Å². The third-order valence-corrected chi connectivity index (χ3v) is 6.34. The first kappa shape index (κ1) is 21.9. The van der Waals surface area contributed by atoms with Crippen LogP contribution in [0.15, 0.2) is 24.5 Å². The molecule has 0 saturated heterocycles. The Morgan fingerprint density at radius 3 is 2.55 bits per heavy atom. The minimum absolute atomic E-state index is 0.386. The van der Waals surface area contributed by atoms with Crippen molar-refractivity contribution in [1.29, 1.82) is 0 Å². The van der Waals surface area contributed by atoms with Crippen LogP contribution in [0, 0.1) is 5.41 Å². The van der Waals surface area contributed by atoms with E-state index in [9.17, 15) is 0 Å². The van der Waals surface area contributed by atoms with E-state index in [0.717, 1.165) is 50.3 Å². The van der Waals surface area contributed by atoms with E-state index in [1.807, 2.05) is 12.1 Å². The average Bonchev–Trinajstić information content (AvgIpc) is 3.52. The van der Waals surface area contributed by atoms with Gasteiger partial charge in [0.15, 0.2) is 5.82 Å². The van der Waals surface area contributed by atoms with Crippen LogP contribution < -0.4 is 16.0 Å². The zero-order valence-electron chi connectivity index (χ0n) is 18.9. The van der Waals surface area contributed by atoms with Crippen molar-refractivity contribution in [2.45, 2.75) is 70.5 Å². The second-order valence-corrected chi connectivity index (χ2v) is 9.41. The van der Waals surface area contributed by atoms with Crippen molar-refractivity contribution in [3.63, 3.8) is 0 Å². The lowest BCUT2D eigenvalue weighted by atomic mass is 9.91. The topological polar surface area (TPSA) is 96.9 Å². The SMILES string of the molecule is COCC(C)NC1CCC(Nc2nccc(-c3nccc(NCC4(C)CC4)n3)n2)CC1. The van der Waals surface area contributed by atoms with Crippen LogP contribution in [-0.2, 0) is 4.74 Å². The molecule has 2 aromatic heterocycles. The van der Waals surface area contributed by atoms with Gasteiger partial charge in [-0.15, -0.1) is 0 Å². The molecule has 0 amide bonds. The fourth-order valence-corrected chi connectivity index (χ4v) is 4.11. The summed E-state index contributed by atoms with van der Waals surface area (Å²) in [4.78, 5) is 18.2. The smallest absolute Gasteiger partial charge is 0.223 e. The van der Waals surface area contributed by atoms with E-state index in [1.165, 1.54) is 12.8 Å². The van der Waals surface area contributed by atoms with E-state index in [1.54, 1.807) is 19.5 Å². The Balaban J connectivity index is 1.32. The molecule has 31 heavy (non-hydrogen) atoms. The molecule has 3 N–H and O–H groups in total. The van der Waals surface area contributed by atoms with E-state index in [0.29, 0.717) is 35.3 Å². The maximum absolute atomic E-state index is 5.23. The van der Waals surface area contributed by atoms with Crippen LogP contribution in [-0.4, -0.2) is 58.3 Å². The normalized spacial score (nSPS) is 23.2. The van der Waals surface area contributed by atoms with Crippen molar-refractivity contribution in [2.24, 2.45) is 5.41 Å². The molecular formula is C23H35N7O. The van der Waals surface area contributed by atoms with Gasteiger partial charge in [0.05, 0.1) is 6.61 Å². The maximum atomic E-state index is 5.23. The molecule has 0 spiro atoms. The molecule has 2 fully saturated rings. The second kappa shape index (κ2) is 9.87. The number of hydrogen-bond acceptors (Lipinski definition) is 8. The molecule has 1 unspecified atom stereocenters. The van der Waals surface area contributed by atoms with Gasteiger partial charge in [-0.2, -0.15) is 0 Å². The first-order valence-electron chi connectivity index (χ1n) is 11.4. The van der Waals surface area contributed by atoms with Crippen molar-refractivity contribution >= 4 is 11.8 Å². The Labute approximate surface area is 185 Å². The standard InChI is InChI=1S/C23H35N7O/c1-16(14-31-3)27-17-4-6-18(7-5-17)28-22-25-12-8-19(29-22)21-24-13-9-20(30-21)26-15-23(2)10-11-23/h8-9,12-13,16-18,27H,4-7,10-11,14-15H2,1-3H3,(H,24,26,30)(H,25,28,29). The number of aromatic nitrogens is 4. The number of ether oxygens (including phenoxy) is 1. The van der Waals surface area contributed by atoms with Crippen molar-refractivity contribution in [3.8, 4) is 11.5 Å². The summed E-state index contributed by atoms with van der Waals surface area (Å²) in [5.41, 5.74) is 1.16. The van der Waals surface area contributed by atoms with Gasteiger partial charge in [-0.25, -0.2) is 19.9 Å². The number of hydrogen-bond donors (Lipinski definition) is 3.